The molecule has 2 aromatic carbocycles. The molecule has 0 fully saturated rings. The van der Waals surface area contributed by atoms with Crippen LogP contribution in [0, 0.1) is 55.4 Å². The van der Waals surface area contributed by atoms with Crippen molar-refractivity contribution in [2.45, 2.75) is 65.2 Å². The highest BCUT2D eigenvalue weighted by Gasteiger charge is 2.24. The molecule has 0 unspecified atom stereocenters. The molecule has 0 saturated heterocycles. The summed E-state index contributed by atoms with van der Waals surface area (Å²) < 4.78 is 66.3. The first-order valence-electron chi connectivity index (χ1n) is 10.1. The molecule has 2 aromatic rings. The molecule has 0 aliphatic rings. The van der Waals surface area contributed by atoms with E-state index in [0.29, 0.717) is 35.3 Å². The average molecular weight is 485 g/mol. The minimum absolute atomic E-state index is 0.0488. The van der Waals surface area contributed by atoms with E-state index >= 15 is 0 Å². The van der Waals surface area contributed by atoms with E-state index in [9.17, 15) is 25.9 Å². The van der Waals surface area contributed by atoms with Crippen LogP contribution in [-0.2, 0) is 20.2 Å². The largest absolute Gasteiger partial charge is 0.383 e. The van der Waals surface area contributed by atoms with Gasteiger partial charge in [-0.2, -0.15) is 16.8 Å². The van der Waals surface area contributed by atoms with Gasteiger partial charge in [0.2, 0.25) is 0 Å². The summed E-state index contributed by atoms with van der Waals surface area (Å²) in [6.45, 7) is 14.9. The molecule has 32 heavy (non-hydrogen) atoms. The Morgan fingerprint density at radius 2 is 0.719 bits per heavy atom. The molecule has 0 aliphatic heterocycles. The molecule has 0 aliphatic carbocycles. The minimum Gasteiger partial charge on any atom is -0.383 e. The van der Waals surface area contributed by atoms with Crippen molar-refractivity contribution in [1.82, 2.24) is 0 Å². The molecule has 0 radical (unpaired) electrons. The van der Waals surface area contributed by atoms with Crippen molar-refractivity contribution in [2.24, 2.45) is 0 Å². The van der Waals surface area contributed by atoms with Crippen molar-refractivity contribution >= 4 is 31.6 Å². The van der Waals surface area contributed by atoms with E-state index in [1.165, 1.54) is 0 Å². The quantitative estimate of drug-likeness (QED) is 0.340. The van der Waals surface area contributed by atoms with Crippen molar-refractivity contribution in [1.29, 1.82) is 0 Å². The van der Waals surface area contributed by atoms with E-state index in [0.717, 1.165) is 33.6 Å². The summed E-state index contributed by atoms with van der Waals surface area (Å²) in [4.78, 5) is -0.0976. The van der Waals surface area contributed by atoms with Gasteiger partial charge >= 0.3 is 0 Å². The fourth-order valence-corrected chi connectivity index (χ4v) is 6.40. The van der Waals surface area contributed by atoms with Crippen LogP contribution in [0.1, 0.15) is 44.5 Å². The predicted octanol–water partition coefficient (Wildman–Crippen LogP) is 4.17. The lowest BCUT2D eigenvalue weighted by Gasteiger charge is -2.22. The molecule has 178 valence electrons. The first-order chi connectivity index (χ1) is 14.5. The maximum Gasteiger partial charge on any atom is 0.295 e. The van der Waals surface area contributed by atoms with Crippen molar-refractivity contribution in [3.63, 3.8) is 0 Å². The molecule has 2 rings (SSSR count). The molecule has 0 aromatic heterocycles. The van der Waals surface area contributed by atoms with Crippen LogP contribution in [0.3, 0.4) is 0 Å². The summed E-state index contributed by atoms with van der Waals surface area (Å²) in [5.41, 5.74) is 6.64. The number of anilines is 2. The maximum absolute atomic E-state index is 11.8. The third kappa shape index (κ3) is 4.78. The van der Waals surface area contributed by atoms with Gasteiger partial charge in [-0.25, -0.2) is 0 Å². The highest BCUT2D eigenvalue weighted by Crippen LogP contribution is 2.34. The summed E-state index contributed by atoms with van der Waals surface area (Å²) in [7, 11) is -8.64. The first kappa shape index (κ1) is 26.1. The van der Waals surface area contributed by atoms with Gasteiger partial charge in [-0.05, 0) is 99.9 Å². The van der Waals surface area contributed by atoms with Gasteiger partial charge in [0.1, 0.15) is 9.79 Å². The summed E-state index contributed by atoms with van der Waals surface area (Å²) in [5.74, 6) is 0. The Bertz CT molecular complexity index is 1140. The van der Waals surface area contributed by atoms with Crippen LogP contribution in [0.15, 0.2) is 9.79 Å². The zero-order valence-corrected chi connectivity index (χ0v) is 21.4. The molecule has 0 bridgehead atoms. The van der Waals surface area contributed by atoms with Crippen LogP contribution >= 0.6 is 0 Å². The first-order valence-corrected chi connectivity index (χ1v) is 13.0. The maximum atomic E-state index is 11.8. The van der Waals surface area contributed by atoms with E-state index in [-0.39, 0.29) is 9.79 Å². The lowest BCUT2D eigenvalue weighted by molar-refractivity contribution is 0.479. The summed E-state index contributed by atoms with van der Waals surface area (Å²) >= 11 is 0. The second-order valence-electron chi connectivity index (χ2n) is 8.21. The van der Waals surface area contributed by atoms with E-state index < -0.39 is 20.2 Å². The second kappa shape index (κ2) is 9.01. The fraction of sp³-hybridized carbons (Fsp3) is 0.455. The molecule has 0 amide bonds. The van der Waals surface area contributed by atoms with Gasteiger partial charge in [0, 0.05) is 24.5 Å². The van der Waals surface area contributed by atoms with E-state index in [1.807, 2.05) is 0 Å². The predicted molar refractivity (Wildman–Crippen MR) is 127 cm³/mol. The van der Waals surface area contributed by atoms with Gasteiger partial charge in [-0.15, -0.1) is 0 Å². The third-order valence-electron chi connectivity index (χ3n) is 6.36. The number of hydrogen-bond acceptors (Lipinski definition) is 6. The summed E-state index contributed by atoms with van der Waals surface area (Å²) in [5, 5.41) is 6.68. The Hall–Kier alpha value is -2.14. The zero-order chi connectivity index (χ0) is 24.8. The lowest BCUT2D eigenvalue weighted by atomic mass is 9.98. The van der Waals surface area contributed by atoms with Gasteiger partial charge in [0.15, 0.2) is 0 Å². The Morgan fingerprint density at radius 1 is 0.500 bits per heavy atom. The summed E-state index contributed by atoms with van der Waals surface area (Å²) in [6, 6.07) is 0. The van der Waals surface area contributed by atoms with E-state index in [4.69, 9.17) is 0 Å². The van der Waals surface area contributed by atoms with Gasteiger partial charge < -0.3 is 10.6 Å². The monoisotopic (exact) mass is 484 g/mol. The van der Waals surface area contributed by atoms with Crippen molar-refractivity contribution in [2.75, 3.05) is 23.7 Å². The molecule has 4 N–H and O–H groups in total. The Morgan fingerprint density at radius 3 is 0.906 bits per heavy atom. The van der Waals surface area contributed by atoms with Crippen molar-refractivity contribution < 1.29 is 25.9 Å². The molecule has 0 heterocycles. The SMILES string of the molecule is Cc1c(C)c(S(=O)(=O)O)c(C)c(C)c1NCCNc1c(C)c(C)c(S(=O)(=O)O)c(C)c1C. The molecule has 8 nitrogen and oxygen atoms in total. The lowest BCUT2D eigenvalue weighted by Crippen LogP contribution is -2.18. The number of hydrogen-bond donors (Lipinski definition) is 4. The minimum atomic E-state index is -4.32. The van der Waals surface area contributed by atoms with Crippen LogP contribution in [0.5, 0.6) is 0 Å². The Kier molecular flexibility index (Phi) is 7.35. The standard InChI is InChI=1S/C22H32N2O6S2/c1-11-15(5)21(31(25,26)27)16(6)12(2)19(11)23-9-10-24-20-13(3)17(7)22(32(28,29)30)18(8)14(20)4/h23-24H,9-10H2,1-8H3,(H,25,26,27)(H,28,29,30). The molecule has 0 saturated carbocycles. The number of nitrogens with one attached hydrogen (secondary N) is 2. The fourth-order valence-electron chi connectivity index (χ4n) is 4.24. The van der Waals surface area contributed by atoms with Crippen LogP contribution in [0.2, 0.25) is 0 Å². The summed E-state index contributed by atoms with van der Waals surface area (Å²) in [6.07, 6.45) is 0. The molecule has 0 spiro atoms. The van der Waals surface area contributed by atoms with Gasteiger partial charge in [-0.1, -0.05) is 0 Å². The second-order valence-corrected chi connectivity index (χ2v) is 10.9. The zero-order valence-electron chi connectivity index (χ0n) is 19.8. The Balaban J connectivity index is 2.29. The van der Waals surface area contributed by atoms with Gasteiger partial charge in [-0.3, -0.25) is 9.11 Å². The highest BCUT2D eigenvalue weighted by molar-refractivity contribution is 7.86. The van der Waals surface area contributed by atoms with Crippen molar-refractivity contribution in [3.05, 3.63) is 44.5 Å². The third-order valence-corrected chi connectivity index (χ3v) is 8.61. The van der Waals surface area contributed by atoms with Crippen LogP contribution < -0.4 is 10.6 Å². The van der Waals surface area contributed by atoms with E-state index in [2.05, 4.69) is 10.6 Å². The molecule has 10 heteroatoms. The van der Waals surface area contributed by atoms with Crippen LogP contribution in [-0.4, -0.2) is 39.0 Å². The van der Waals surface area contributed by atoms with Crippen molar-refractivity contribution in [3.8, 4) is 0 Å². The van der Waals surface area contributed by atoms with Crippen LogP contribution in [0.4, 0.5) is 11.4 Å². The highest BCUT2D eigenvalue weighted by atomic mass is 32.2. The number of rotatable bonds is 7. The molecule has 0 atom stereocenters. The number of benzene rings is 2. The smallest absolute Gasteiger partial charge is 0.295 e. The van der Waals surface area contributed by atoms with Crippen LogP contribution in [0.25, 0.3) is 0 Å². The molecular weight excluding hydrogens is 452 g/mol. The van der Waals surface area contributed by atoms with E-state index in [1.54, 1.807) is 55.4 Å². The van der Waals surface area contributed by atoms with Gasteiger partial charge in [0.25, 0.3) is 20.2 Å². The normalized spacial score (nSPS) is 12.2. The Labute approximate surface area is 190 Å². The molecular formula is C22H32N2O6S2. The topological polar surface area (TPSA) is 133 Å². The van der Waals surface area contributed by atoms with Gasteiger partial charge in [0.05, 0.1) is 0 Å². The average Bonchev–Trinajstić information content (AvgIpc) is 2.64.